The number of carbonyl (C=O) groups excluding carboxylic acids is 2. The van der Waals surface area contributed by atoms with Gasteiger partial charge in [0, 0.05) is 5.69 Å². The number of esters is 1. The van der Waals surface area contributed by atoms with Crippen LogP contribution < -0.4 is 10.9 Å². The third kappa shape index (κ3) is 4.84. The predicted octanol–water partition coefficient (Wildman–Crippen LogP) is 4.58. The van der Waals surface area contributed by atoms with Crippen molar-refractivity contribution in [3.05, 3.63) is 81.0 Å². The Hall–Kier alpha value is -3.43. The minimum Gasteiger partial charge on any atom is -0.465 e. The Balaban J connectivity index is 1.59. The second kappa shape index (κ2) is 9.60. The van der Waals surface area contributed by atoms with Gasteiger partial charge >= 0.3 is 5.97 Å². The van der Waals surface area contributed by atoms with E-state index in [0.29, 0.717) is 26.6 Å². The summed E-state index contributed by atoms with van der Waals surface area (Å²) >= 11 is 2.55. The van der Waals surface area contributed by atoms with Gasteiger partial charge in [0.25, 0.3) is 5.56 Å². The number of ether oxygens (including phenoxy) is 1. The molecule has 0 bridgehead atoms. The fourth-order valence-electron chi connectivity index (χ4n) is 3.39. The smallest absolute Gasteiger partial charge is 0.337 e. The minimum atomic E-state index is -0.442. The number of benzene rings is 2. The molecule has 0 spiro atoms. The summed E-state index contributed by atoms with van der Waals surface area (Å²) in [5.74, 6) is -0.633. The average Bonchev–Trinajstić information content (AvgIpc) is 3.27. The topological polar surface area (TPSA) is 90.3 Å². The molecule has 2 heterocycles. The Kier molecular flexibility index (Phi) is 6.62. The summed E-state index contributed by atoms with van der Waals surface area (Å²) in [6.45, 7) is 3.95. The Labute approximate surface area is 198 Å². The SMILES string of the molecule is COC(=O)c1ccc(NC(=O)CSc2nc3ccsc3c(=O)n2-c2ccc(C)cc2C)cc1. The maximum absolute atomic E-state index is 13.3. The summed E-state index contributed by atoms with van der Waals surface area (Å²) in [6.07, 6.45) is 0. The van der Waals surface area contributed by atoms with Crippen molar-refractivity contribution in [3.8, 4) is 5.69 Å². The Morgan fingerprint density at radius 3 is 2.58 bits per heavy atom. The molecule has 2 aromatic heterocycles. The van der Waals surface area contributed by atoms with Crippen molar-refractivity contribution in [1.29, 1.82) is 0 Å². The quantitative estimate of drug-likeness (QED) is 0.247. The zero-order valence-electron chi connectivity index (χ0n) is 18.2. The van der Waals surface area contributed by atoms with Crippen LogP contribution in [0.2, 0.25) is 0 Å². The van der Waals surface area contributed by atoms with Crippen LogP contribution in [-0.2, 0) is 9.53 Å². The molecule has 0 aliphatic rings. The molecule has 0 atom stereocenters. The van der Waals surface area contributed by atoms with E-state index >= 15 is 0 Å². The third-order valence-electron chi connectivity index (χ3n) is 4.96. The molecule has 1 amide bonds. The van der Waals surface area contributed by atoms with Crippen LogP contribution in [0.15, 0.2) is 63.9 Å². The second-order valence-corrected chi connectivity index (χ2v) is 9.22. The molecule has 4 aromatic rings. The number of aryl methyl sites for hydroxylation is 2. The molecule has 9 heteroatoms. The summed E-state index contributed by atoms with van der Waals surface area (Å²) in [6, 6.07) is 14.1. The van der Waals surface area contributed by atoms with Crippen molar-refractivity contribution in [2.75, 3.05) is 18.2 Å². The zero-order chi connectivity index (χ0) is 23.5. The number of fused-ring (bicyclic) bond motifs is 1. The van der Waals surface area contributed by atoms with E-state index in [4.69, 9.17) is 0 Å². The first-order chi connectivity index (χ1) is 15.9. The minimum absolute atomic E-state index is 0.0613. The van der Waals surface area contributed by atoms with Crippen LogP contribution in [0.25, 0.3) is 15.9 Å². The lowest BCUT2D eigenvalue weighted by molar-refractivity contribution is -0.113. The van der Waals surface area contributed by atoms with Gasteiger partial charge in [-0.3, -0.25) is 14.2 Å². The van der Waals surface area contributed by atoms with E-state index in [-0.39, 0.29) is 17.2 Å². The van der Waals surface area contributed by atoms with Gasteiger partial charge in [-0.25, -0.2) is 9.78 Å². The molecule has 0 radical (unpaired) electrons. The molecule has 33 heavy (non-hydrogen) atoms. The van der Waals surface area contributed by atoms with Gasteiger partial charge in [0.2, 0.25) is 5.91 Å². The number of aromatic nitrogens is 2. The molecule has 0 aliphatic carbocycles. The maximum Gasteiger partial charge on any atom is 0.337 e. The summed E-state index contributed by atoms with van der Waals surface area (Å²) in [4.78, 5) is 42.1. The monoisotopic (exact) mass is 479 g/mol. The molecule has 2 aromatic carbocycles. The molecule has 4 rings (SSSR count). The summed E-state index contributed by atoms with van der Waals surface area (Å²) in [7, 11) is 1.31. The second-order valence-electron chi connectivity index (χ2n) is 7.37. The molecular weight excluding hydrogens is 458 g/mol. The van der Waals surface area contributed by atoms with E-state index < -0.39 is 5.97 Å². The largest absolute Gasteiger partial charge is 0.465 e. The number of nitrogens with one attached hydrogen (secondary N) is 1. The molecule has 0 fully saturated rings. The summed E-state index contributed by atoms with van der Waals surface area (Å²) in [5.41, 5.74) is 4.22. The highest BCUT2D eigenvalue weighted by Crippen LogP contribution is 2.25. The number of carbonyl (C=O) groups is 2. The third-order valence-corrected chi connectivity index (χ3v) is 6.79. The van der Waals surface area contributed by atoms with Gasteiger partial charge in [0.15, 0.2) is 5.16 Å². The van der Waals surface area contributed by atoms with Crippen LogP contribution in [0.3, 0.4) is 0 Å². The molecule has 0 unspecified atom stereocenters. The number of anilines is 1. The molecular formula is C24H21N3O4S2. The van der Waals surface area contributed by atoms with E-state index in [0.717, 1.165) is 16.8 Å². The number of rotatable bonds is 6. The first-order valence-electron chi connectivity index (χ1n) is 10.1. The Morgan fingerprint density at radius 1 is 1.12 bits per heavy atom. The van der Waals surface area contributed by atoms with E-state index in [2.05, 4.69) is 15.0 Å². The van der Waals surface area contributed by atoms with Crippen molar-refractivity contribution in [3.63, 3.8) is 0 Å². The highest BCUT2D eigenvalue weighted by molar-refractivity contribution is 7.99. The van der Waals surface area contributed by atoms with Crippen molar-refractivity contribution in [2.24, 2.45) is 0 Å². The lowest BCUT2D eigenvalue weighted by Gasteiger charge is -2.14. The van der Waals surface area contributed by atoms with Crippen LogP contribution in [0.4, 0.5) is 5.69 Å². The lowest BCUT2D eigenvalue weighted by Crippen LogP contribution is -2.23. The standard InChI is InChI=1S/C24H21N3O4S2/c1-14-4-9-19(15(2)12-14)27-22(29)21-18(10-11-32-21)26-24(27)33-13-20(28)25-17-7-5-16(6-8-17)23(30)31-3/h4-12H,13H2,1-3H3,(H,25,28). The van der Waals surface area contributed by atoms with Gasteiger partial charge in [-0.15, -0.1) is 11.3 Å². The van der Waals surface area contributed by atoms with Gasteiger partial charge in [0.05, 0.1) is 29.6 Å². The van der Waals surface area contributed by atoms with Crippen molar-refractivity contribution in [1.82, 2.24) is 9.55 Å². The fraction of sp³-hybridized carbons (Fsp3) is 0.167. The maximum atomic E-state index is 13.3. The highest BCUT2D eigenvalue weighted by Gasteiger charge is 2.17. The number of nitrogens with zero attached hydrogens (tertiary/aromatic N) is 2. The summed E-state index contributed by atoms with van der Waals surface area (Å²) < 4.78 is 6.84. The number of hydrogen-bond acceptors (Lipinski definition) is 7. The van der Waals surface area contributed by atoms with E-state index in [9.17, 15) is 14.4 Å². The van der Waals surface area contributed by atoms with Gasteiger partial charge in [-0.2, -0.15) is 0 Å². The van der Waals surface area contributed by atoms with E-state index in [1.54, 1.807) is 34.9 Å². The number of methoxy groups -OCH3 is 1. The first kappa shape index (κ1) is 22.8. The Morgan fingerprint density at radius 2 is 1.88 bits per heavy atom. The van der Waals surface area contributed by atoms with Crippen LogP contribution in [0.5, 0.6) is 0 Å². The molecule has 0 saturated carbocycles. The average molecular weight is 480 g/mol. The van der Waals surface area contributed by atoms with Gasteiger partial charge in [0.1, 0.15) is 4.70 Å². The number of amides is 1. The van der Waals surface area contributed by atoms with E-state index in [1.165, 1.54) is 30.2 Å². The van der Waals surface area contributed by atoms with Crippen LogP contribution in [-0.4, -0.2) is 34.3 Å². The number of hydrogen-bond donors (Lipinski definition) is 1. The van der Waals surface area contributed by atoms with E-state index in [1.807, 2.05) is 37.4 Å². The Bertz CT molecular complexity index is 1410. The summed E-state index contributed by atoms with van der Waals surface area (Å²) in [5, 5.41) is 5.09. The molecule has 1 N–H and O–H groups in total. The number of thioether (sulfide) groups is 1. The molecule has 0 saturated heterocycles. The molecule has 7 nitrogen and oxygen atoms in total. The highest BCUT2D eigenvalue weighted by atomic mass is 32.2. The van der Waals surface area contributed by atoms with Crippen LogP contribution in [0, 0.1) is 13.8 Å². The van der Waals surface area contributed by atoms with Crippen LogP contribution >= 0.6 is 23.1 Å². The normalized spacial score (nSPS) is 10.9. The van der Waals surface area contributed by atoms with Crippen LogP contribution in [0.1, 0.15) is 21.5 Å². The van der Waals surface area contributed by atoms with Crippen molar-refractivity contribution < 1.29 is 14.3 Å². The first-order valence-corrected chi connectivity index (χ1v) is 11.9. The van der Waals surface area contributed by atoms with Gasteiger partial charge < -0.3 is 10.1 Å². The van der Waals surface area contributed by atoms with Gasteiger partial charge in [-0.05, 0) is 61.2 Å². The number of thiophene rings is 1. The zero-order valence-corrected chi connectivity index (χ0v) is 19.9. The van der Waals surface area contributed by atoms with Crippen molar-refractivity contribution >= 4 is 50.9 Å². The lowest BCUT2D eigenvalue weighted by atomic mass is 10.1. The fourth-order valence-corrected chi connectivity index (χ4v) is 4.96. The molecule has 0 aliphatic heterocycles. The van der Waals surface area contributed by atoms with Gasteiger partial charge in [-0.1, -0.05) is 29.5 Å². The predicted molar refractivity (Wildman–Crippen MR) is 132 cm³/mol. The molecule has 168 valence electrons. The van der Waals surface area contributed by atoms with Crippen molar-refractivity contribution in [2.45, 2.75) is 19.0 Å².